The molecule has 5 nitrogen and oxygen atoms in total. The van der Waals surface area contributed by atoms with Gasteiger partial charge in [-0.15, -0.1) is 0 Å². The van der Waals surface area contributed by atoms with E-state index in [4.69, 9.17) is 16.3 Å². The summed E-state index contributed by atoms with van der Waals surface area (Å²) < 4.78 is 7.49. The van der Waals surface area contributed by atoms with Crippen LogP contribution in [0.15, 0.2) is 81.7 Å². The molecular weight excluding hydrogens is 608 g/mol. The number of hydrogen-bond acceptors (Lipinski definition) is 3. The summed E-state index contributed by atoms with van der Waals surface area (Å²) in [4.78, 5) is 28.8. The van der Waals surface area contributed by atoms with Gasteiger partial charge in [0, 0.05) is 27.4 Å². The average Bonchev–Trinajstić information content (AvgIpc) is 2.80. The molecule has 0 radical (unpaired) electrons. The van der Waals surface area contributed by atoms with Gasteiger partial charge in [0.1, 0.15) is 11.8 Å². The SMILES string of the molecule is CC(C)(C)NC(=O)[C@H](Cc1ccccc1)N(Cc1cccc(Br)c1)C(=O)COc1ccc(Br)cc1Cl. The number of nitrogens with one attached hydrogen (secondary N) is 1. The zero-order chi connectivity index (χ0) is 26.3. The number of ether oxygens (including phenoxy) is 1. The molecule has 36 heavy (non-hydrogen) atoms. The molecule has 0 aliphatic rings. The van der Waals surface area contributed by atoms with Crippen molar-refractivity contribution in [1.82, 2.24) is 10.2 Å². The van der Waals surface area contributed by atoms with Crippen LogP contribution in [0.1, 0.15) is 31.9 Å². The van der Waals surface area contributed by atoms with E-state index >= 15 is 0 Å². The summed E-state index contributed by atoms with van der Waals surface area (Å²) >= 11 is 13.2. The Hall–Kier alpha value is -2.35. The number of hydrogen-bond donors (Lipinski definition) is 1. The average molecular weight is 637 g/mol. The molecule has 0 bridgehead atoms. The normalized spacial score (nSPS) is 12.1. The predicted molar refractivity (Wildman–Crippen MR) is 151 cm³/mol. The summed E-state index contributed by atoms with van der Waals surface area (Å²) in [7, 11) is 0. The van der Waals surface area contributed by atoms with Crippen molar-refractivity contribution in [2.24, 2.45) is 0 Å². The topological polar surface area (TPSA) is 58.6 Å². The Balaban J connectivity index is 1.94. The number of rotatable bonds is 9. The minimum absolute atomic E-state index is 0.226. The van der Waals surface area contributed by atoms with Crippen molar-refractivity contribution in [3.8, 4) is 5.75 Å². The summed E-state index contributed by atoms with van der Waals surface area (Å²) in [6, 6.07) is 21.8. The summed E-state index contributed by atoms with van der Waals surface area (Å²) in [5, 5.41) is 3.44. The molecule has 0 aromatic heterocycles. The quantitative estimate of drug-likeness (QED) is 0.281. The van der Waals surface area contributed by atoms with Crippen molar-refractivity contribution in [2.75, 3.05) is 6.61 Å². The van der Waals surface area contributed by atoms with Crippen LogP contribution in [0.4, 0.5) is 0 Å². The van der Waals surface area contributed by atoms with Gasteiger partial charge >= 0.3 is 0 Å². The van der Waals surface area contributed by atoms with E-state index in [1.807, 2.05) is 75.4 Å². The first-order valence-electron chi connectivity index (χ1n) is 11.5. The van der Waals surface area contributed by atoms with Gasteiger partial charge in [0.15, 0.2) is 6.61 Å². The van der Waals surface area contributed by atoms with Crippen LogP contribution in [0, 0.1) is 0 Å². The van der Waals surface area contributed by atoms with Gasteiger partial charge in [-0.05, 0) is 62.2 Å². The van der Waals surface area contributed by atoms with E-state index in [9.17, 15) is 9.59 Å². The molecule has 3 aromatic rings. The summed E-state index contributed by atoms with van der Waals surface area (Å²) in [6.07, 6.45) is 0.363. The van der Waals surface area contributed by atoms with Gasteiger partial charge < -0.3 is 15.0 Å². The first kappa shape index (κ1) is 28.2. The Morgan fingerprint density at radius 2 is 1.61 bits per heavy atom. The van der Waals surface area contributed by atoms with Gasteiger partial charge in [-0.3, -0.25) is 9.59 Å². The fourth-order valence-corrected chi connectivity index (χ4v) is 4.83. The lowest BCUT2D eigenvalue weighted by Gasteiger charge is -2.33. The molecule has 0 heterocycles. The lowest BCUT2D eigenvalue weighted by atomic mass is 10.0. The van der Waals surface area contributed by atoms with Gasteiger partial charge in [0.05, 0.1) is 5.02 Å². The second-order valence-electron chi connectivity index (χ2n) is 9.46. The molecule has 0 saturated heterocycles. The number of benzene rings is 3. The molecule has 2 amide bonds. The molecule has 3 aromatic carbocycles. The van der Waals surface area contributed by atoms with Crippen LogP contribution in [0.25, 0.3) is 0 Å². The maximum atomic E-state index is 13.6. The Morgan fingerprint density at radius 3 is 2.25 bits per heavy atom. The molecule has 8 heteroatoms. The number of carbonyl (C=O) groups is 2. The van der Waals surface area contributed by atoms with E-state index in [2.05, 4.69) is 37.2 Å². The van der Waals surface area contributed by atoms with Crippen molar-refractivity contribution in [1.29, 1.82) is 0 Å². The molecule has 0 unspecified atom stereocenters. The molecule has 0 fully saturated rings. The summed E-state index contributed by atoms with van der Waals surface area (Å²) in [5.74, 6) is -0.148. The van der Waals surface area contributed by atoms with Crippen LogP contribution >= 0.6 is 43.5 Å². The van der Waals surface area contributed by atoms with E-state index < -0.39 is 11.6 Å². The molecule has 3 rings (SSSR count). The van der Waals surface area contributed by atoms with Crippen molar-refractivity contribution in [3.63, 3.8) is 0 Å². The van der Waals surface area contributed by atoms with E-state index in [1.54, 1.807) is 23.1 Å². The minimum Gasteiger partial charge on any atom is -0.482 e. The fourth-order valence-electron chi connectivity index (χ4n) is 3.65. The third kappa shape index (κ3) is 8.64. The molecule has 190 valence electrons. The Kier molecular flexibility index (Phi) is 10.00. The molecule has 0 saturated carbocycles. The zero-order valence-electron chi connectivity index (χ0n) is 20.4. The molecule has 0 aliphatic carbocycles. The molecule has 0 spiro atoms. The smallest absolute Gasteiger partial charge is 0.261 e. The fraction of sp³-hybridized carbons (Fsp3) is 0.286. The van der Waals surface area contributed by atoms with E-state index in [1.165, 1.54) is 0 Å². The van der Waals surface area contributed by atoms with Crippen molar-refractivity contribution >= 4 is 55.3 Å². The Morgan fingerprint density at radius 1 is 0.944 bits per heavy atom. The second kappa shape index (κ2) is 12.7. The van der Waals surface area contributed by atoms with E-state index in [0.717, 1.165) is 20.1 Å². The van der Waals surface area contributed by atoms with Gasteiger partial charge in [-0.2, -0.15) is 0 Å². The third-order valence-corrected chi connectivity index (χ3v) is 6.54. The zero-order valence-corrected chi connectivity index (χ0v) is 24.4. The van der Waals surface area contributed by atoms with E-state index in [0.29, 0.717) is 17.2 Å². The lowest BCUT2D eigenvalue weighted by molar-refractivity contribution is -0.143. The van der Waals surface area contributed by atoms with Crippen LogP contribution in [0.2, 0.25) is 5.02 Å². The van der Waals surface area contributed by atoms with Gasteiger partial charge in [-0.25, -0.2) is 0 Å². The highest BCUT2D eigenvalue weighted by Crippen LogP contribution is 2.28. The van der Waals surface area contributed by atoms with E-state index in [-0.39, 0.29) is 25.0 Å². The largest absolute Gasteiger partial charge is 0.482 e. The Bertz CT molecular complexity index is 1200. The first-order chi connectivity index (χ1) is 17.0. The molecule has 1 N–H and O–H groups in total. The third-order valence-electron chi connectivity index (χ3n) is 5.26. The second-order valence-corrected chi connectivity index (χ2v) is 11.7. The maximum Gasteiger partial charge on any atom is 0.261 e. The number of carbonyl (C=O) groups excluding carboxylic acids is 2. The summed E-state index contributed by atoms with van der Waals surface area (Å²) in [5.41, 5.74) is 1.38. The number of amides is 2. The number of nitrogens with zero attached hydrogens (tertiary/aromatic N) is 1. The summed E-state index contributed by atoms with van der Waals surface area (Å²) in [6.45, 7) is 5.74. The maximum absolute atomic E-state index is 13.6. The van der Waals surface area contributed by atoms with Crippen molar-refractivity contribution < 1.29 is 14.3 Å². The molecule has 1 atom stereocenters. The molecular formula is C28H29Br2ClN2O3. The standard InChI is InChI=1S/C28H29Br2ClN2O3/c1-28(2,3)32-27(35)24(15-19-8-5-4-6-9-19)33(17-20-10-7-11-21(29)14-20)26(34)18-36-25-13-12-22(30)16-23(25)31/h4-14,16,24H,15,17-18H2,1-3H3,(H,32,35)/t24-/m0/s1. The lowest BCUT2D eigenvalue weighted by Crippen LogP contribution is -2.55. The highest BCUT2D eigenvalue weighted by Gasteiger charge is 2.32. The highest BCUT2D eigenvalue weighted by atomic mass is 79.9. The monoisotopic (exact) mass is 634 g/mol. The Labute approximate surface area is 234 Å². The van der Waals surface area contributed by atoms with Crippen LogP contribution < -0.4 is 10.1 Å². The van der Waals surface area contributed by atoms with Crippen LogP contribution in [-0.2, 0) is 22.6 Å². The van der Waals surface area contributed by atoms with Crippen LogP contribution in [0.5, 0.6) is 5.75 Å². The van der Waals surface area contributed by atoms with Crippen molar-refractivity contribution in [3.05, 3.63) is 97.9 Å². The first-order valence-corrected chi connectivity index (χ1v) is 13.5. The predicted octanol–water partition coefficient (Wildman–Crippen LogP) is 6.80. The molecule has 0 aliphatic heterocycles. The van der Waals surface area contributed by atoms with Gasteiger partial charge in [-0.1, -0.05) is 85.9 Å². The van der Waals surface area contributed by atoms with Crippen LogP contribution in [0.3, 0.4) is 0 Å². The highest BCUT2D eigenvalue weighted by molar-refractivity contribution is 9.10. The van der Waals surface area contributed by atoms with Gasteiger partial charge in [0.25, 0.3) is 5.91 Å². The van der Waals surface area contributed by atoms with Crippen LogP contribution in [-0.4, -0.2) is 34.9 Å². The minimum atomic E-state index is -0.748. The van der Waals surface area contributed by atoms with Crippen molar-refractivity contribution in [2.45, 2.75) is 45.3 Å². The number of halogens is 3. The van der Waals surface area contributed by atoms with Gasteiger partial charge in [0.2, 0.25) is 5.91 Å².